The Labute approximate surface area is 81.9 Å². The highest BCUT2D eigenvalue weighted by Gasteiger charge is 2.33. The van der Waals surface area contributed by atoms with Gasteiger partial charge in [-0.3, -0.25) is 0 Å². The van der Waals surface area contributed by atoms with Crippen molar-refractivity contribution in [1.29, 1.82) is 0 Å². The maximum atomic E-state index is 12.0. The van der Waals surface area contributed by atoms with Crippen LogP contribution in [0.3, 0.4) is 0 Å². The fourth-order valence-corrected chi connectivity index (χ4v) is 1.00. The number of rotatable bonds is 3. The predicted molar refractivity (Wildman–Crippen MR) is 44.6 cm³/mol. The molecule has 0 aliphatic heterocycles. The molecule has 0 rings (SSSR count). The van der Waals surface area contributed by atoms with Crippen molar-refractivity contribution in [3.63, 3.8) is 0 Å². The van der Waals surface area contributed by atoms with Crippen molar-refractivity contribution in [2.24, 2.45) is 0 Å². The van der Waals surface area contributed by atoms with Gasteiger partial charge in [0.25, 0.3) is 0 Å². The fourth-order valence-electron chi connectivity index (χ4n) is 0.522. The number of esters is 1. The van der Waals surface area contributed by atoms with Crippen LogP contribution in [0, 0.1) is 0 Å². The zero-order chi connectivity index (χ0) is 10.5. The smallest absolute Gasteiger partial charge is 0.413 e. The molecule has 0 fully saturated rings. The normalized spacial score (nSPS) is 12.8. The third-order valence-corrected chi connectivity index (χ3v) is 1.69. The molecule has 2 nitrogen and oxygen atoms in total. The lowest BCUT2D eigenvalue weighted by atomic mass is 10.3. The summed E-state index contributed by atoms with van der Waals surface area (Å²) < 4.78 is 40.4. The van der Waals surface area contributed by atoms with Gasteiger partial charge < -0.3 is 4.74 Å². The maximum Gasteiger partial charge on any atom is 0.413 e. The molecule has 0 bridgehead atoms. The Bertz CT molecular complexity index is 210. The molecule has 0 amide bonds. The minimum Gasteiger partial charge on any atom is -0.463 e. The highest BCUT2D eigenvalue weighted by Crippen LogP contribution is 2.26. The van der Waals surface area contributed by atoms with Crippen LogP contribution in [0.2, 0.25) is 0 Å². The van der Waals surface area contributed by atoms with Gasteiger partial charge in [-0.05, 0) is 6.92 Å². The van der Waals surface area contributed by atoms with E-state index < -0.39 is 23.0 Å². The summed E-state index contributed by atoms with van der Waals surface area (Å²) in [5.41, 5.74) is -0.953. The standard InChI is InChI=1S/C7H8BrF3O2/c1-2-13-6(12)3-5(4-8)7(9,10)11/h3H,2,4H2,1H3/b5-3-. The van der Waals surface area contributed by atoms with Gasteiger partial charge in [-0.2, -0.15) is 13.2 Å². The largest absolute Gasteiger partial charge is 0.463 e. The molecule has 0 radical (unpaired) electrons. The van der Waals surface area contributed by atoms with Crippen LogP contribution in [0.5, 0.6) is 0 Å². The molecule has 0 saturated carbocycles. The highest BCUT2D eigenvalue weighted by atomic mass is 79.9. The predicted octanol–water partition coefficient (Wildman–Crippen LogP) is 2.43. The van der Waals surface area contributed by atoms with E-state index in [2.05, 4.69) is 20.7 Å². The molecule has 0 atom stereocenters. The minimum absolute atomic E-state index is 0.0583. The molecule has 0 unspecified atom stereocenters. The van der Waals surface area contributed by atoms with Gasteiger partial charge in [0, 0.05) is 11.4 Å². The van der Waals surface area contributed by atoms with E-state index in [-0.39, 0.29) is 6.61 Å². The molecule has 0 saturated heterocycles. The molecule has 0 aromatic carbocycles. The molecular formula is C7H8BrF3O2. The molecular weight excluding hydrogens is 253 g/mol. The first-order valence-corrected chi connectivity index (χ1v) is 4.54. The topological polar surface area (TPSA) is 26.3 Å². The Morgan fingerprint density at radius 2 is 2.08 bits per heavy atom. The van der Waals surface area contributed by atoms with Gasteiger partial charge in [-0.15, -0.1) is 0 Å². The Balaban J connectivity index is 4.48. The third-order valence-electron chi connectivity index (χ3n) is 1.09. The first-order valence-electron chi connectivity index (χ1n) is 3.42. The summed E-state index contributed by atoms with van der Waals surface area (Å²) in [5, 5.41) is -0.421. The zero-order valence-electron chi connectivity index (χ0n) is 6.82. The summed E-state index contributed by atoms with van der Waals surface area (Å²) in [7, 11) is 0. The Hall–Kier alpha value is -0.520. The highest BCUT2D eigenvalue weighted by molar-refractivity contribution is 9.09. The van der Waals surface area contributed by atoms with E-state index in [0.29, 0.717) is 6.08 Å². The molecule has 0 aliphatic carbocycles. The van der Waals surface area contributed by atoms with Crippen LogP contribution in [-0.2, 0) is 9.53 Å². The lowest BCUT2D eigenvalue weighted by Gasteiger charge is -2.07. The number of carbonyl (C=O) groups excluding carboxylic acids is 1. The Kier molecular flexibility index (Phi) is 5.05. The molecule has 0 aliphatic rings. The van der Waals surface area contributed by atoms with Gasteiger partial charge in [0.05, 0.1) is 12.2 Å². The monoisotopic (exact) mass is 260 g/mol. The van der Waals surface area contributed by atoms with E-state index in [1.165, 1.54) is 6.92 Å². The number of carbonyl (C=O) groups is 1. The SMILES string of the molecule is CCOC(=O)/C=C(/CBr)C(F)(F)F. The lowest BCUT2D eigenvalue weighted by Crippen LogP contribution is -2.15. The van der Waals surface area contributed by atoms with E-state index in [4.69, 9.17) is 0 Å². The van der Waals surface area contributed by atoms with E-state index in [1.54, 1.807) is 0 Å². The van der Waals surface area contributed by atoms with Crippen molar-refractivity contribution in [2.45, 2.75) is 13.1 Å². The zero-order valence-corrected chi connectivity index (χ0v) is 8.41. The minimum atomic E-state index is -4.49. The Morgan fingerprint density at radius 1 is 1.54 bits per heavy atom. The summed E-state index contributed by atoms with van der Waals surface area (Å²) >= 11 is 2.64. The first kappa shape index (κ1) is 12.5. The third kappa shape index (κ3) is 4.92. The quantitative estimate of drug-likeness (QED) is 0.443. The van der Waals surface area contributed by atoms with E-state index >= 15 is 0 Å². The van der Waals surface area contributed by atoms with Crippen LogP contribution >= 0.6 is 15.9 Å². The molecule has 76 valence electrons. The fraction of sp³-hybridized carbons (Fsp3) is 0.571. The van der Waals surface area contributed by atoms with Gasteiger partial charge in [-0.1, -0.05) is 15.9 Å². The first-order chi connectivity index (χ1) is 5.91. The Morgan fingerprint density at radius 3 is 2.38 bits per heavy atom. The molecule has 0 spiro atoms. The van der Waals surface area contributed by atoms with Crippen molar-refractivity contribution in [3.8, 4) is 0 Å². The van der Waals surface area contributed by atoms with Crippen molar-refractivity contribution in [3.05, 3.63) is 11.6 Å². The summed E-state index contributed by atoms with van der Waals surface area (Å²) in [6.45, 7) is 1.58. The molecule has 0 heterocycles. The number of hydrogen-bond acceptors (Lipinski definition) is 2. The molecule has 6 heteroatoms. The maximum absolute atomic E-state index is 12.0. The van der Waals surface area contributed by atoms with Crippen LogP contribution in [0.4, 0.5) is 13.2 Å². The van der Waals surface area contributed by atoms with E-state index in [0.717, 1.165) is 0 Å². The molecule has 0 aromatic rings. The van der Waals surface area contributed by atoms with Crippen LogP contribution < -0.4 is 0 Å². The molecule has 13 heavy (non-hydrogen) atoms. The second-order valence-corrected chi connectivity index (χ2v) is 2.61. The van der Waals surface area contributed by atoms with E-state index in [9.17, 15) is 18.0 Å². The average molecular weight is 261 g/mol. The van der Waals surface area contributed by atoms with Gasteiger partial charge in [0.15, 0.2) is 0 Å². The summed E-state index contributed by atoms with van der Waals surface area (Å²) in [6.07, 6.45) is -4.05. The van der Waals surface area contributed by atoms with Crippen LogP contribution in [0.25, 0.3) is 0 Å². The average Bonchev–Trinajstić information content (AvgIpc) is 1.98. The second-order valence-electron chi connectivity index (χ2n) is 2.05. The second kappa shape index (κ2) is 5.26. The number of halogens is 4. The van der Waals surface area contributed by atoms with Gasteiger partial charge in [-0.25, -0.2) is 4.79 Å². The van der Waals surface area contributed by atoms with Crippen molar-refractivity contribution < 1.29 is 22.7 Å². The van der Waals surface area contributed by atoms with Crippen molar-refractivity contribution >= 4 is 21.9 Å². The summed E-state index contributed by atoms with van der Waals surface area (Å²) in [6, 6.07) is 0. The molecule has 0 N–H and O–H groups in total. The van der Waals surface area contributed by atoms with Crippen LogP contribution in [0.15, 0.2) is 11.6 Å². The summed E-state index contributed by atoms with van der Waals surface area (Å²) in [4.78, 5) is 10.6. The van der Waals surface area contributed by atoms with Crippen molar-refractivity contribution in [1.82, 2.24) is 0 Å². The van der Waals surface area contributed by atoms with Gasteiger partial charge in [0.1, 0.15) is 0 Å². The number of ether oxygens (including phenoxy) is 1. The van der Waals surface area contributed by atoms with E-state index in [1.807, 2.05) is 0 Å². The number of allylic oxidation sites excluding steroid dienone is 1. The summed E-state index contributed by atoms with van der Waals surface area (Å²) in [5.74, 6) is -0.978. The van der Waals surface area contributed by atoms with Gasteiger partial charge >= 0.3 is 12.1 Å². The number of hydrogen-bond donors (Lipinski definition) is 0. The van der Waals surface area contributed by atoms with Crippen LogP contribution in [0.1, 0.15) is 6.92 Å². The van der Waals surface area contributed by atoms with Gasteiger partial charge in [0.2, 0.25) is 0 Å². The number of alkyl halides is 4. The van der Waals surface area contributed by atoms with Crippen molar-refractivity contribution in [2.75, 3.05) is 11.9 Å². The lowest BCUT2D eigenvalue weighted by molar-refractivity contribution is -0.138. The molecule has 0 aromatic heterocycles. The van der Waals surface area contributed by atoms with Crippen LogP contribution in [-0.4, -0.2) is 24.1 Å².